The van der Waals surface area contributed by atoms with Crippen LogP contribution in [0.15, 0.2) is 0 Å². The van der Waals surface area contributed by atoms with E-state index in [2.05, 4.69) is 5.32 Å². The summed E-state index contributed by atoms with van der Waals surface area (Å²) in [6.07, 6.45) is 24.8. The van der Waals surface area contributed by atoms with Gasteiger partial charge in [-0.3, -0.25) is 28.8 Å². The molecule has 0 radical (unpaired) electrons. The zero-order valence-corrected chi connectivity index (χ0v) is 35.5. The number of rotatable bonds is 46. The molecular weight excluding hydrogens is 734 g/mol. The predicted octanol–water partition coefficient (Wildman–Crippen LogP) is 8.21. The van der Waals surface area contributed by atoms with Crippen molar-refractivity contribution in [3.63, 3.8) is 0 Å². The molecule has 0 saturated carbocycles. The number of nitrogens with one attached hydrogen (secondary N) is 1. The molecular formula is C44H79NO12. The van der Waals surface area contributed by atoms with Gasteiger partial charge < -0.3 is 34.5 Å². The van der Waals surface area contributed by atoms with Gasteiger partial charge in [0.2, 0.25) is 5.91 Å². The Morgan fingerprint density at radius 3 is 1.42 bits per heavy atom. The molecule has 0 aliphatic rings. The van der Waals surface area contributed by atoms with Gasteiger partial charge in [0.25, 0.3) is 0 Å². The summed E-state index contributed by atoms with van der Waals surface area (Å²) in [5, 5.41) is 20.7. The van der Waals surface area contributed by atoms with Gasteiger partial charge in [-0.2, -0.15) is 0 Å². The molecule has 1 amide bonds. The van der Waals surface area contributed by atoms with Crippen LogP contribution in [0.5, 0.6) is 0 Å². The number of carbonyl (C=O) groups excluding carboxylic acids is 4. The van der Waals surface area contributed by atoms with Crippen molar-refractivity contribution in [1.82, 2.24) is 5.32 Å². The van der Waals surface area contributed by atoms with E-state index in [4.69, 9.17) is 24.1 Å². The van der Waals surface area contributed by atoms with Gasteiger partial charge in [0.1, 0.15) is 24.8 Å². The number of Topliss-reactive ketones (excluding diaryl/α,β-unsaturated/α-hetero) is 3. The lowest BCUT2D eigenvalue weighted by Crippen LogP contribution is -2.31. The number of aliphatic carboxylic acids is 2. The van der Waals surface area contributed by atoms with Crippen LogP contribution in [0.4, 0.5) is 0 Å². The number of carboxylic acid groups (broad SMARTS) is 2. The van der Waals surface area contributed by atoms with E-state index in [1.54, 1.807) is 0 Å². The molecule has 0 aromatic carbocycles. The molecule has 1 atom stereocenters. The molecule has 332 valence electrons. The van der Waals surface area contributed by atoms with Gasteiger partial charge in [0.15, 0.2) is 5.78 Å². The average Bonchev–Trinajstić information content (AvgIpc) is 3.18. The molecule has 0 aromatic heterocycles. The lowest BCUT2D eigenvalue weighted by atomic mass is 9.95. The number of hydrogen-bond donors (Lipinski definition) is 3. The van der Waals surface area contributed by atoms with Gasteiger partial charge in [-0.15, -0.1) is 0 Å². The van der Waals surface area contributed by atoms with Crippen LogP contribution >= 0.6 is 0 Å². The SMILES string of the molecule is CCC(=O)CCCCCC(CC(=O)COCCOCCNC(=O)COCCOCCCC(=O)CCCCCCCCCCCCCCCCCCC(=O)O)C(=O)O. The van der Waals surface area contributed by atoms with Crippen molar-refractivity contribution in [2.45, 2.75) is 180 Å². The van der Waals surface area contributed by atoms with Crippen LogP contribution in [0.2, 0.25) is 0 Å². The summed E-state index contributed by atoms with van der Waals surface area (Å²) in [5.41, 5.74) is 0. The van der Waals surface area contributed by atoms with Crippen LogP contribution in [0.1, 0.15) is 180 Å². The quantitative estimate of drug-likeness (QED) is 0.0500. The van der Waals surface area contributed by atoms with E-state index in [9.17, 15) is 33.9 Å². The number of unbranched alkanes of at least 4 members (excludes halogenated alkanes) is 17. The highest BCUT2D eigenvalue weighted by Gasteiger charge is 2.21. The van der Waals surface area contributed by atoms with Crippen molar-refractivity contribution in [3.05, 3.63) is 0 Å². The third-order valence-corrected chi connectivity index (χ3v) is 9.88. The summed E-state index contributed by atoms with van der Waals surface area (Å²) in [7, 11) is 0. The van der Waals surface area contributed by atoms with Crippen LogP contribution in [0.25, 0.3) is 0 Å². The lowest BCUT2D eigenvalue weighted by molar-refractivity contribution is -0.144. The second kappa shape index (κ2) is 41.4. The maximum atomic E-state index is 12.2. The van der Waals surface area contributed by atoms with E-state index in [1.807, 2.05) is 6.92 Å². The topological polar surface area (TPSA) is 192 Å². The first kappa shape index (κ1) is 54.3. The van der Waals surface area contributed by atoms with Gasteiger partial charge in [0.05, 0.1) is 39.0 Å². The van der Waals surface area contributed by atoms with Crippen LogP contribution in [-0.4, -0.2) is 105 Å². The van der Waals surface area contributed by atoms with Crippen LogP contribution in [0, 0.1) is 5.92 Å². The Bertz CT molecular complexity index is 1040. The average molecular weight is 814 g/mol. The minimum Gasteiger partial charge on any atom is -0.481 e. The summed E-state index contributed by atoms with van der Waals surface area (Å²) in [6.45, 7) is 3.63. The van der Waals surface area contributed by atoms with Crippen molar-refractivity contribution >= 4 is 35.2 Å². The molecule has 1 unspecified atom stereocenters. The molecule has 0 saturated heterocycles. The van der Waals surface area contributed by atoms with Gasteiger partial charge in [-0.25, -0.2) is 0 Å². The lowest BCUT2D eigenvalue weighted by Gasteiger charge is -2.12. The van der Waals surface area contributed by atoms with E-state index in [-0.39, 0.29) is 63.5 Å². The summed E-state index contributed by atoms with van der Waals surface area (Å²) in [5.74, 6) is -2.49. The molecule has 57 heavy (non-hydrogen) atoms. The van der Waals surface area contributed by atoms with E-state index in [0.717, 1.165) is 44.9 Å². The molecule has 0 aliphatic carbocycles. The summed E-state index contributed by atoms with van der Waals surface area (Å²) >= 11 is 0. The van der Waals surface area contributed by atoms with E-state index < -0.39 is 17.9 Å². The first-order chi connectivity index (χ1) is 27.6. The molecule has 0 fully saturated rings. The summed E-state index contributed by atoms with van der Waals surface area (Å²) in [6, 6.07) is 0. The van der Waals surface area contributed by atoms with E-state index >= 15 is 0 Å². The normalized spacial score (nSPS) is 11.7. The highest BCUT2D eigenvalue weighted by atomic mass is 16.5. The molecule has 0 spiro atoms. The Hall–Kier alpha value is -2.74. The highest BCUT2D eigenvalue weighted by molar-refractivity contribution is 5.84. The fraction of sp³-hybridized carbons (Fsp3) is 0.864. The Balaban J connectivity index is 3.45. The molecule has 0 heterocycles. The van der Waals surface area contributed by atoms with Crippen molar-refractivity contribution in [1.29, 1.82) is 0 Å². The predicted molar refractivity (Wildman–Crippen MR) is 220 cm³/mol. The molecule has 0 bridgehead atoms. The standard InChI is InChI=1S/C44H79NO12/c1-2-39(46)24-20-17-18-23-38(44(52)53)35-41(48)36-56-33-32-55-30-28-45-42(49)37-57-34-31-54-29-22-26-40(47)25-19-15-13-11-9-7-5-3-4-6-8-10-12-14-16-21-27-43(50)51/h38H,2-37H2,1H3,(H,45,49)(H,50,51)(H,52,53). The molecule has 0 aromatic rings. The van der Waals surface area contributed by atoms with Crippen LogP contribution in [0.3, 0.4) is 0 Å². The minimum absolute atomic E-state index is 0.0844. The zero-order valence-electron chi connectivity index (χ0n) is 35.5. The van der Waals surface area contributed by atoms with Gasteiger partial charge in [-0.05, 0) is 32.1 Å². The molecule has 13 heteroatoms. The van der Waals surface area contributed by atoms with Crippen molar-refractivity contribution in [2.24, 2.45) is 5.92 Å². The Kier molecular flexibility index (Phi) is 39.4. The highest BCUT2D eigenvalue weighted by Crippen LogP contribution is 2.17. The Morgan fingerprint density at radius 1 is 0.456 bits per heavy atom. The first-order valence-electron chi connectivity index (χ1n) is 22.2. The summed E-state index contributed by atoms with van der Waals surface area (Å²) in [4.78, 5) is 69.6. The van der Waals surface area contributed by atoms with Crippen molar-refractivity contribution in [3.8, 4) is 0 Å². The monoisotopic (exact) mass is 814 g/mol. The molecule has 0 rings (SSSR count). The number of carbonyl (C=O) groups is 6. The number of ketones is 3. The number of ether oxygens (including phenoxy) is 4. The van der Waals surface area contributed by atoms with Gasteiger partial charge in [-0.1, -0.05) is 110 Å². The van der Waals surface area contributed by atoms with Crippen LogP contribution < -0.4 is 5.32 Å². The number of hydrogen-bond acceptors (Lipinski definition) is 10. The Morgan fingerprint density at radius 2 is 0.895 bits per heavy atom. The van der Waals surface area contributed by atoms with Gasteiger partial charge >= 0.3 is 11.9 Å². The number of amides is 1. The van der Waals surface area contributed by atoms with E-state index in [1.165, 1.54) is 70.6 Å². The Labute approximate surface area is 343 Å². The van der Waals surface area contributed by atoms with Crippen molar-refractivity contribution in [2.75, 3.05) is 59.4 Å². The third-order valence-electron chi connectivity index (χ3n) is 9.88. The van der Waals surface area contributed by atoms with E-state index in [0.29, 0.717) is 76.9 Å². The first-order valence-corrected chi connectivity index (χ1v) is 22.2. The molecule has 13 nitrogen and oxygen atoms in total. The zero-order chi connectivity index (χ0) is 42.0. The van der Waals surface area contributed by atoms with Gasteiger partial charge in [0, 0.05) is 51.7 Å². The minimum atomic E-state index is -0.999. The fourth-order valence-electron chi connectivity index (χ4n) is 6.39. The fourth-order valence-corrected chi connectivity index (χ4v) is 6.39. The molecule has 0 aliphatic heterocycles. The molecule has 3 N–H and O–H groups in total. The third kappa shape index (κ3) is 41.2. The van der Waals surface area contributed by atoms with Crippen LogP contribution in [-0.2, 0) is 47.7 Å². The second-order valence-corrected chi connectivity index (χ2v) is 15.1. The van der Waals surface area contributed by atoms with Crippen molar-refractivity contribution < 1.29 is 57.9 Å². The second-order valence-electron chi connectivity index (χ2n) is 15.1. The summed E-state index contributed by atoms with van der Waals surface area (Å²) < 4.78 is 21.6. The largest absolute Gasteiger partial charge is 0.481 e. The smallest absolute Gasteiger partial charge is 0.306 e. The maximum Gasteiger partial charge on any atom is 0.306 e. The maximum absolute atomic E-state index is 12.2. The number of carboxylic acids is 2.